The Morgan fingerprint density at radius 3 is 2.81 bits per heavy atom. The van der Waals surface area contributed by atoms with Crippen molar-refractivity contribution in [2.75, 3.05) is 30.3 Å². The highest BCUT2D eigenvalue weighted by Gasteiger charge is 2.23. The monoisotopic (exact) mass is 312 g/mol. The number of rotatable bonds is 7. The summed E-state index contributed by atoms with van der Waals surface area (Å²) in [6.07, 6.45) is 2.29. The Morgan fingerprint density at radius 2 is 2.19 bits per heavy atom. The Balaban J connectivity index is 2.02. The Bertz CT molecular complexity index is 651. The van der Waals surface area contributed by atoms with E-state index in [-0.39, 0.29) is 23.6 Å². The molecule has 0 bridgehead atoms. The van der Waals surface area contributed by atoms with Gasteiger partial charge in [0.25, 0.3) is 0 Å². The number of hydrogen-bond donors (Lipinski definition) is 0. The fraction of sp³-hybridized carbons (Fsp3) is 0.500. The molecule has 0 atom stereocenters. The molecule has 5 nitrogen and oxygen atoms in total. The average molecular weight is 312 g/mol. The van der Waals surface area contributed by atoms with Crippen LogP contribution in [0.25, 0.3) is 0 Å². The maximum atomic E-state index is 13.1. The van der Waals surface area contributed by atoms with E-state index in [9.17, 15) is 12.8 Å². The first-order chi connectivity index (χ1) is 9.94. The summed E-state index contributed by atoms with van der Waals surface area (Å²) in [6.45, 7) is 0.714. The van der Waals surface area contributed by atoms with Gasteiger partial charge in [-0.15, -0.1) is 0 Å². The summed E-state index contributed by atoms with van der Waals surface area (Å²) in [4.78, 5) is 0. The van der Waals surface area contributed by atoms with Gasteiger partial charge in [-0.1, -0.05) is 0 Å². The highest BCUT2D eigenvalue weighted by atomic mass is 32.2. The van der Waals surface area contributed by atoms with Gasteiger partial charge in [0, 0.05) is 13.7 Å². The molecule has 0 aliphatic heterocycles. The second-order valence-corrected chi connectivity index (χ2v) is 7.19. The molecule has 1 saturated carbocycles. The zero-order valence-electron chi connectivity index (χ0n) is 11.8. The first kappa shape index (κ1) is 15.7. The van der Waals surface area contributed by atoms with E-state index < -0.39 is 15.8 Å². The second kappa shape index (κ2) is 6.41. The molecule has 1 aromatic carbocycles. The van der Waals surface area contributed by atoms with Crippen LogP contribution in [0.1, 0.15) is 18.4 Å². The third kappa shape index (κ3) is 4.16. The van der Waals surface area contributed by atoms with E-state index >= 15 is 0 Å². The van der Waals surface area contributed by atoms with E-state index in [1.165, 1.54) is 13.1 Å². The molecule has 1 aliphatic rings. The molecular formula is C14H17FN2O3S. The maximum Gasteiger partial charge on any atom is 0.237 e. The number of ether oxygens (including phenoxy) is 1. The number of sulfonamides is 1. The van der Waals surface area contributed by atoms with Gasteiger partial charge in [0.1, 0.15) is 11.9 Å². The van der Waals surface area contributed by atoms with Crippen molar-refractivity contribution >= 4 is 15.7 Å². The molecule has 0 aromatic heterocycles. The van der Waals surface area contributed by atoms with Gasteiger partial charge in [-0.2, -0.15) is 5.26 Å². The topological polar surface area (TPSA) is 70.4 Å². The van der Waals surface area contributed by atoms with Crippen LogP contribution in [0, 0.1) is 23.1 Å². The molecule has 0 unspecified atom stereocenters. The second-order valence-electron chi connectivity index (χ2n) is 5.08. The zero-order chi connectivity index (χ0) is 15.5. The Kier molecular flexibility index (Phi) is 4.80. The smallest absolute Gasteiger partial charge is 0.237 e. The maximum absolute atomic E-state index is 13.1. The van der Waals surface area contributed by atoms with Crippen LogP contribution < -0.4 is 4.31 Å². The number of nitrogens with zero attached hydrogens (tertiary/aromatic N) is 2. The minimum atomic E-state index is -3.60. The molecule has 0 amide bonds. The van der Waals surface area contributed by atoms with Crippen LogP contribution in [0.2, 0.25) is 0 Å². The molecule has 0 spiro atoms. The predicted octanol–water partition coefficient (Wildman–Crippen LogP) is 1.89. The summed E-state index contributed by atoms with van der Waals surface area (Å²) in [5.41, 5.74) is 0.154. The van der Waals surface area contributed by atoms with Crippen LogP contribution in [0.4, 0.5) is 10.1 Å². The Morgan fingerprint density at radius 1 is 1.48 bits per heavy atom. The van der Waals surface area contributed by atoms with Crippen LogP contribution >= 0.6 is 0 Å². The van der Waals surface area contributed by atoms with Crippen molar-refractivity contribution in [3.05, 3.63) is 29.6 Å². The fourth-order valence-corrected chi connectivity index (χ4v) is 2.92. The van der Waals surface area contributed by atoms with Gasteiger partial charge in [0.2, 0.25) is 10.0 Å². The quantitative estimate of drug-likeness (QED) is 0.721. The minimum Gasteiger partial charge on any atom is -0.380 e. The van der Waals surface area contributed by atoms with Gasteiger partial charge < -0.3 is 4.74 Å². The standard InChI is InChI=1S/C14H17FN2O3S/c1-17(14-5-4-13(15)8-12(14)9-16)21(18,19)7-6-20-10-11-2-3-11/h4-5,8,11H,2-3,6-7,10H2,1H3. The van der Waals surface area contributed by atoms with E-state index in [4.69, 9.17) is 10.00 Å². The molecule has 0 N–H and O–H groups in total. The molecule has 0 heterocycles. The van der Waals surface area contributed by atoms with Crippen LogP contribution in [0.15, 0.2) is 18.2 Å². The molecule has 1 fully saturated rings. The lowest BCUT2D eigenvalue weighted by atomic mass is 10.2. The molecule has 114 valence electrons. The van der Waals surface area contributed by atoms with Crippen molar-refractivity contribution < 1.29 is 17.5 Å². The van der Waals surface area contributed by atoms with Crippen molar-refractivity contribution in [1.82, 2.24) is 0 Å². The highest BCUT2D eigenvalue weighted by molar-refractivity contribution is 7.92. The molecule has 21 heavy (non-hydrogen) atoms. The lowest BCUT2D eigenvalue weighted by Crippen LogP contribution is -2.31. The van der Waals surface area contributed by atoms with Crippen molar-refractivity contribution in [3.8, 4) is 6.07 Å². The summed E-state index contributed by atoms with van der Waals surface area (Å²) >= 11 is 0. The van der Waals surface area contributed by atoms with Crippen molar-refractivity contribution in [1.29, 1.82) is 5.26 Å². The summed E-state index contributed by atoms with van der Waals surface area (Å²) < 4.78 is 43.8. The Hall–Kier alpha value is -1.65. The van der Waals surface area contributed by atoms with Gasteiger partial charge in [0.05, 0.1) is 23.6 Å². The highest BCUT2D eigenvalue weighted by Crippen LogP contribution is 2.28. The normalized spacial score (nSPS) is 14.7. The van der Waals surface area contributed by atoms with E-state index in [1.807, 2.05) is 0 Å². The summed E-state index contributed by atoms with van der Waals surface area (Å²) in [5.74, 6) is -0.167. The molecular weight excluding hydrogens is 295 g/mol. The Labute approximate surface area is 124 Å². The van der Waals surface area contributed by atoms with Crippen LogP contribution in [0.5, 0.6) is 0 Å². The zero-order valence-corrected chi connectivity index (χ0v) is 12.6. The molecule has 1 aromatic rings. The minimum absolute atomic E-state index is 0.0139. The average Bonchev–Trinajstić information content (AvgIpc) is 3.27. The fourth-order valence-electron chi connectivity index (χ4n) is 1.86. The number of anilines is 1. The molecule has 0 saturated heterocycles. The lowest BCUT2D eigenvalue weighted by molar-refractivity contribution is 0.138. The summed E-state index contributed by atoms with van der Waals surface area (Å²) in [7, 11) is -2.25. The van der Waals surface area contributed by atoms with Gasteiger partial charge in [-0.25, -0.2) is 12.8 Å². The predicted molar refractivity (Wildman–Crippen MR) is 76.8 cm³/mol. The van der Waals surface area contributed by atoms with E-state index in [2.05, 4.69) is 0 Å². The van der Waals surface area contributed by atoms with Gasteiger partial charge >= 0.3 is 0 Å². The van der Waals surface area contributed by atoms with Gasteiger partial charge in [-0.3, -0.25) is 4.31 Å². The largest absolute Gasteiger partial charge is 0.380 e. The van der Waals surface area contributed by atoms with Crippen molar-refractivity contribution in [2.45, 2.75) is 12.8 Å². The van der Waals surface area contributed by atoms with Crippen molar-refractivity contribution in [3.63, 3.8) is 0 Å². The third-order valence-corrected chi connectivity index (χ3v) is 5.09. The first-order valence-electron chi connectivity index (χ1n) is 6.68. The lowest BCUT2D eigenvalue weighted by Gasteiger charge is -2.20. The third-order valence-electron chi connectivity index (χ3n) is 3.37. The van der Waals surface area contributed by atoms with E-state index in [0.29, 0.717) is 12.5 Å². The first-order valence-corrected chi connectivity index (χ1v) is 8.29. The van der Waals surface area contributed by atoms with Crippen LogP contribution in [-0.2, 0) is 14.8 Å². The molecule has 0 radical (unpaired) electrons. The van der Waals surface area contributed by atoms with E-state index in [0.717, 1.165) is 29.3 Å². The van der Waals surface area contributed by atoms with Crippen LogP contribution in [-0.4, -0.2) is 34.4 Å². The van der Waals surface area contributed by atoms with Gasteiger partial charge in [0.15, 0.2) is 0 Å². The molecule has 1 aliphatic carbocycles. The SMILES string of the molecule is CN(c1ccc(F)cc1C#N)S(=O)(=O)CCOCC1CC1. The summed E-state index contributed by atoms with van der Waals surface area (Å²) in [5, 5.41) is 8.98. The number of nitriles is 1. The number of halogens is 1. The number of hydrogen-bond acceptors (Lipinski definition) is 4. The molecule has 7 heteroatoms. The molecule has 2 rings (SSSR count). The van der Waals surface area contributed by atoms with Crippen LogP contribution in [0.3, 0.4) is 0 Å². The van der Waals surface area contributed by atoms with Crippen molar-refractivity contribution in [2.24, 2.45) is 5.92 Å². The summed E-state index contributed by atoms with van der Waals surface area (Å²) in [6, 6.07) is 5.24. The number of benzene rings is 1. The van der Waals surface area contributed by atoms with Gasteiger partial charge in [-0.05, 0) is 37.0 Å². The van der Waals surface area contributed by atoms with E-state index in [1.54, 1.807) is 6.07 Å².